The molecule has 1 unspecified atom stereocenters. The summed E-state index contributed by atoms with van der Waals surface area (Å²) >= 11 is 0. The van der Waals surface area contributed by atoms with Gasteiger partial charge in [0.2, 0.25) is 5.91 Å². The van der Waals surface area contributed by atoms with Crippen molar-refractivity contribution in [2.75, 3.05) is 55.7 Å². The van der Waals surface area contributed by atoms with Crippen LogP contribution in [0.4, 0.5) is 17.2 Å². The van der Waals surface area contributed by atoms with Crippen molar-refractivity contribution in [1.82, 2.24) is 45.0 Å². The Hall–Kier alpha value is -6.39. The fourth-order valence-electron chi connectivity index (χ4n) is 8.04. The van der Waals surface area contributed by atoms with E-state index in [1.165, 1.54) is 12.1 Å². The normalized spacial score (nSPS) is 18.4. The Balaban J connectivity index is 0.920. The number of aldehydes is 1. The third-order valence-electron chi connectivity index (χ3n) is 11.4. The third-order valence-corrected chi connectivity index (χ3v) is 11.4. The van der Waals surface area contributed by atoms with E-state index in [-0.39, 0.29) is 23.2 Å². The van der Waals surface area contributed by atoms with Gasteiger partial charge in [-0.05, 0) is 81.7 Å². The number of carbonyl (C=O) groups is 2. The predicted molar refractivity (Wildman–Crippen MR) is 216 cm³/mol. The number of nitrogens with one attached hydrogen (secondary N) is 2. The molecule has 1 aromatic carbocycles. The van der Waals surface area contributed by atoms with Gasteiger partial charge >= 0.3 is 0 Å². The average Bonchev–Trinajstić information content (AvgIpc) is 3.91. The molecule has 1 saturated heterocycles. The molecule has 5 aromatic rings. The number of hydrogen-bond donors (Lipinski definition) is 3. The summed E-state index contributed by atoms with van der Waals surface area (Å²) in [6.07, 6.45) is 12.6. The molecule has 2 fully saturated rings. The Bertz CT molecular complexity index is 2270. The summed E-state index contributed by atoms with van der Waals surface area (Å²) in [6, 6.07) is 15.5. The Morgan fingerprint density at radius 3 is 2.54 bits per heavy atom. The smallest absolute Gasteiger partial charge is 0.227 e. The summed E-state index contributed by atoms with van der Waals surface area (Å²) in [5, 5.41) is 39.1. The number of pyridine rings is 2. The van der Waals surface area contributed by atoms with Crippen LogP contribution < -0.4 is 21.3 Å². The third kappa shape index (κ3) is 8.71. The number of rotatable bonds is 14. The van der Waals surface area contributed by atoms with E-state index in [2.05, 4.69) is 64.0 Å². The van der Waals surface area contributed by atoms with Crippen LogP contribution in [-0.2, 0) is 9.59 Å². The molecule has 1 aliphatic heterocycles. The summed E-state index contributed by atoms with van der Waals surface area (Å²) in [5.74, 6) is 1.21. The highest BCUT2D eigenvalue weighted by atomic mass is 16.1. The van der Waals surface area contributed by atoms with Crippen molar-refractivity contribution < 1.29 is 9.59 Å². The van der Waals surface area contributed by atoms with Crippen LogP contribution in [0.3, 0.4) is 0 Å². The highest BCUT2D eigenvalue weighted by Gasteiger charge is 2.27. The second-order valence-corrected chi connectivity index (χ2v) is 15.0. The number of hydrogen-bond acceptors (Lipinski definition) is 13. The number of fused-ring (bicyclic) bond motifs is 1. The van der Waals surface area contributed by atoms with Gasteiger partial charge in [-0.25, -0.2) is 14.6 Å². The molecule has 16 nitrogen and oxygen atoms in total. The highest BCUT2D eigenvalue weighted by molar-refractivity contribution is 5.84. The first kappa shape index (κ1) is 38.9. The maximum atomic E-state index is 12.4. The number of carbonyl (C=O) groups excluding carboxylic acids is 2. The maximum absolute atomic E-state index is 12.4. The van der Waals surface area contributed by atoms with Crippen molar-refractivity contribution >= 4 is 40.4 Å². The van der Waals surface area contributed by atoms with Crippen molar-refractivity contribution in [2.45, 2.75) is 69.7 Å². The van der Waals surface area contributed by atoms with E-state index in [9.17, 15) is 20.1 Å². The molecule has 4 N–H and O–H groups in total. The molecule has 0 radical (unpaired) electrons. The van der Waals surface area contributed by atoms with Crippen molar-refractivity contribution in [3.8, 4) is 23.6 Å². The summed E-state index contributed by atoms with van der Waals surface area (Å²) in [7, 11) is 1.63. The van der Waals surface area contributed by atoms with E-state index < -0.39 is 6.04 Å². The van der Waals surface area contributed by atoms with Crippen LogP contribution in [0.15, 0.2) is 55.0 Å². The van der Waals surface area contributed by atoms with Crippen LogP contribution in [0.5, 0.6) is 0 Å². The molecule has 2 aliphatic rings. The fraction of sp³-hybridized carbons (Fsp3) is 0.439. The van der Waals surface area contributed by atoms with Gasteiger partial charge in [0, 0.05) is 62.7 Å². The fourth-order valence-corrected chi connectivity index (χ4v) is 8.04. The topological polar surface area (TPSA) is 213 Å². The van der Waals surface area contributed by atoms with Gasteiger partial charge in [-0.15, -0.1) is 5.10 Å². The van der Waals surface area contributed by atoms with Crippen LogP contribution in [-0.4, -0.2) is 97.6 Å². The molecule has 16 heteroatoms. The zero-order valence-electron chi connectivity index (χ0n) is 32.4. The molecule has 0 bridgehead atoms. The van der Waals surface area contributed by atoms with E-state index in [4.69, 9.17) is 5.73 Å². The lowest BCUT2D eigenvalue weighted by Crippen LogP contribution is -2.47. The van der Waals surface area contributed by atoms with Crippen LogP contribution in [0, 0.1) is 28.6 Å². The first-order valence-electron chi connectivity index (χ1n) is 19.6. The van der Waals surface area contributed by atoms with E-state index in [0.717, 1.165) is 76.0 Å². The minimum Gasteiger partial charge on any atom is -0.383 e. The van der Waals surface area contributed by atoms with E-state index >= 15 is 0 Å². The van der Waals surface area contributed by atoms with Gasteiger partial charge < -0.3 is 26.1 Å². The van der Waals surface area contributed by atoms with Crippen LogP contribution in [0.1, 0.15) is 80.5 Å². The van der Waals surface area contributed by atoms with Crippen LogP contribution >= 0.6 is 0 Å². The second kappa shape index (κ2) is 17.6. The first-order chi connectivity index (χ1) is 27.8. The molecular weight excluding hydrogens is 721 g/mol. The predicted octanol–water partition coefficient (Wildman–Crippen LogP) is 4.47. The Morgan fingerprint density at radius 1 is 1.07 bits per heavy atom. The number of benzene rings is 1. The van der Waals surface area contributed by atoms with Gasteiger partial charge in [-0.1, -0.05) is 17.3 Å². The molecule has 294 valence electrons. The Labute approximate surface area is 331 Å². The van der Waals surface area contributed by atoms with Gasteiger partial charge in [0.25, 0.3) is 0 Å². The minimum atomic E-state index is -0.489. The van der Waals surface area contributed by atoms with Gasteiger partial charge in [-0.3, -0.25) is 9.69 Å². The number of nitrogens with two attached hydrogens (primary N) is 1. The molecular formula is C41H48N14O2. The summed E-state index contributed by atoms with van der Waals surface area (Å²) in [4.78, 5) is 37.4. The summed E-state index contributed by atoms with van der Waals surface area (Å²) in [6.45, 7) is 6.85. The standard InChI is InChI=1S/C41H48N14O2/c1-27(22-42)48-35-21-38(55-40-32(24-47-55)20-31(23-43)39(44)49-40)46-25-37(35)54-26-36(50-51-54)30-7-5-28(6-8-30)13-14-52-15-17-53(18-16-52)33-11-9-29(10-12-33)34(4-3-19-56)41(57)45-2/h9-12,19-21,24-28,30,34H,3-8,13-18H2,1-2H3,(H2,44,49)(H,45,57)(H,46,48)/t27-,28?,30?,34?/m1/s1. The van der Waals surface area contributed by atoms with Gasteiger partial charge in [-0.2, -0.15) is 20.3 Å². The Morgan fingerprint density at radius 2 is 1.84 bits per heavy atom. The SMILES string of the molecule is CNC(=O)C(CCC=O)c1ccc(N2CCN(CCC3CCC(c4cn(-c5cnc(-n6ncc7cc(C#N)c(N)nc76)cc5N[C@H](C)C#N)nn4)CC3)CC2)cc1. The zero-order valence-corrected chi connectivity index (χ0v) is 32.4. The van der Waals surface area contributed by atoms with Crippen LogP contribution in [0.25, 0.3) is 22.5 Å². The number of nitrogen functional groups attached to an aromatic ring is 1. The number of aromatic nitrogens is 7. The van der Waals surface area contributed by atoms with E-state index in [1.54, 1.807) is 47.9 Å². The second-order valence-electron chi connectivity index (χ2n) is 15.0. The molecule has 0 spiro atoms. The summed E-state index contributed by atoms with van der Waals surface area (Å²) < 4.78 is 3.27. The molecule has 1 saturated carbocycles. The van der Waals surface area contributed by atoms with Crippen molar-refractivity contribution in [1.29, 1.82) is 10.5 Å². The molecule has 7 rings (SSSR count). The molecule has 4 aromatic heterocycles. The highest BCUT2D eigenvalue weighted by Crippen LogP contribution is 2.37. The van der Waals surface area contributed by atoms with Crippen molar-refractivity contribution in [3.63, 3.8) is 0 Å². The van der Waals surface area contributed by atoms with Gasteiger partial charge in [0.1, 0.15) is 29.9 Å². The van der Waals surface area contributed by atoms with Crippen LogP contribution in [0.2, 0.25) is 0 Å². The number of amides is 1. The van der Waals surface area contributed by atoms with Crippen molar-refractivity contribution in [2.24, 2.45) is 5.92 Å². The molecule has 1 amide bonds. The number of anilines is 3. The first-order valence-corrected chi connectivity index (χ1v) is 19.6. The number of piperazine rings is 1. The quantitative estimate of drug-likeness (QED) is 0.133. The lowest BCUT2D eigenvalue weighted by Gasteiger charge is -2.37. The van der Waals surface area contributed by atoms with Gasteiger partial charge in [0.15, 0.2) is 11.5 Å². The lowest BCUT2D eigenvalue weighted by atomic mass is 9.79. The summed E-state index contributed by atoms with van der Waals surface area (Å²) in [5.41, 5.74) is 11.1. The average molecular weight is 769 g/mol. The minimum absolute atomic E-state index is 0.0598. The molecule has 57 heavy (non-hydrogen) atoms. The number of nitrogens with zero attached hydrogens (tertiary/aromatic N) is 11. The maximum Gasteiger partial charge on any atom is 0.227 e. The largest absolute Gasteiger partial charge is 0.383 e. The Kier molecular flexibility index (Phi) is 12.0. The van der Waals surface area contributed by atoms with Gasteiger partial charge in [0.05, 0.1) is 47.5 Å². The molecule has 1 aliphatic carbocycles. The van der Waals surface area contributed by atoms with E-state index in [0.29, 0.717) is 52.9 Å². The molecule has 2 atom stereocenters. The molecule has 5 heterocycles. The lowest BCUT2D eigenvalue weighted by molar-refractivity contribution is -0.122. The van der Waals surface area contributed by atoms with E-state index in [1.807, 2.05) is 24.4 Å². The number of nitriles is 2. The number of likely N-dealkylation sites (N-methyl/N-ethyl adjacent to an activating group) is 1. The monoisotopic (exact) mass is 768 g/mol. The van der Waals surface area contributed by atoms with Crippen molar-refractivity contribution in [3.05, 3.63) is 71.8 Å². The zero-order chi connectivity index (χ0) is 39.9.